The number of sulfone groups is 1. The van der Waals surface area contributed by atoms with Gasteiger partial charge in [0, 0.05) is 6.26 Å². The third-order valence-corrected chi connectivity index (χ3v) is 4.24. The molecule has 0 saturated heterocycles. The fraction of sp³-hybridized carbons (Fsp3) is 0.312. The first-order valence-electron chi connectivity index (χ1n) is 6.98. The van der Waals surface area contributed by atoms with E-state index in [2.05, 4.69) is 29.4 Å². The molecule has 0 bridgehead atoms. The van der Waals surface area contributed by atoms with Crippen LogP contribution in [0.1, 0.15) is 31.4 Å². The molecular formula is C16H20N2O2S. The maximum Gasteiger partial charge on any atom is 0.192 e. The van der Waals surface area contributed by atoms with Gasteiger partial charge in [0.25, 0.3) is 0 Å². The van der Waals surface area contributed by atoms with Gasteiger partial charge in [0.05, 0.1) is 17.9 Å². The molecule has 0 spiro atoms. The average Bonchev–Trinajstić information content (AvgIpc) is 2.47. The van der Waals surface area contributed by atoms with Crippen LogP contribution < -0.4 is 5.32 Å². The van der Waals surface area contributed by atoms with Gasteiger partial charge in [0.15, 0.2) is 14.9 Å². The second kappa shape index (κ2) is 6.72. The van der Waals surface area contributed by atoms with Gasteiger partial charge in [0.1, 0.15) is 0 Å². The maximum absolute atomic E-state index is 11.4. The molecule has 0 radical (unpaired) electrons. The molecule has 0 fully saturated rings. The third kappa shape index (κ3) is 4.29. The Hall–Kier alpha value is -1.88. The van der Waals surface area contributed by atoms with E-state index in [1.165, 1.54) is 11.6 Å². The Kier molecular flexibility index (Phi) is 4.96. The van der Waals surface area contributed by atoms with E-state index in [0.29, 0.717) is 0 Å². The quantitative estimate of drug-likeness (QED) is 0.888. The van der Waals surface area contributed by atoms with E-state index in [0.717, 1.165) is 24.8 Å². The van der Waals surface area contributed by atoms with E-state index in [9.17, 15) is 8.42 Å². The zero-order chi connectivity index (χ0) is 15.3. The number of nitrogens with one attached hydrogen (secondary N) is 1. The number of nitrogens with zero attached hydrogens (tertiary/aromatic N) is 1. The van der Waals surface area contributed by atoms with Crippen molar-refractivity contribution in [2.45, 2.75) is 30.8 Å². The minimum Gasteiger partial charge on any atom is -0.377 e. The largest absolute Gasteiger partial charge is 0.377 e. The van der Waals surface area contributed by atoms with Crippen LogP contribution in [-0.2, 0) is 9.84 Å². The van der Waals surface area contributed by atoms with Crippen molar-refractivity contribution in [3.63, 3.8) is 0 Å². The lowest BCUT2D eigenvalue weighted by Crippen LogP contribution is -2.11. The summed E-state index contributed by atoms with van der Waals surface area (Å²) in [5.41, 5.74) is 2.04. The molecule has 0 saturated carbocycles. The summed E-state index contributed by atoms with van der Waals surface area (Å²) < 4.78 is 22.8. The van der Waals surface area contributed by atoms with E-state index in [-0.39, 0.29) is 11.1 Å². The highest BCUT2D eigenvalue weighted by Gasteiger charge is 2.12. The predicted molar refractivity (Wildman–Crippen MR) is 85.1 cm³/mol. The van der Waals surface area contributed by atoms with Gasteiger partial charge < -0.3 is 5.32 Å². The molecule has 1 heterocycles. The zero-order valence-electron chi connectivity index (χ0n) is 12.3. The molecular weight excluding hydrogens is 284 g/mol. The summed E-state index contributed by atoms with van der Waals surface area (Å²) >= 11 is 0. The first-order chi connectivity index (χ1) is 10.0. The van der Waals surface area contributed by atoms with Crippen molar-refractivity contribution in [2.75, 3.05) is 11.6 Å². The summed E-state index contributed by atoms with van der Waals surface area (Å²) in [7, 11) is -3.25. The molecule has 1 unspecified atom stereocenters. The monoisotopic (exact) mass is 304 g/mol. The van der Waals surface area contributed by atoms with Gasteiger partial charge in [-0.25, -0.2) is 13.4 Å². The first-order valence-corrected chi connectivity index (χ1v) is 8.87. The Morgan fingerprint density at radius 1 is 1.14 bits per heavy atom. The molecule has 0 aliphatic rings. The Morgan fingerprint density at radius 2 is 1.86 bits per heavy atom. The number of benzene rings is 1. The van der Waals surface area contributed by atoms with Crippen molar-refractivity contribution in [1.82, 2.24) is 4.98 Å². The summed E-state index contributed by atoms with van der Waals surface area (Å²) in [6, 6.07) is 13.7. The SMILES string of the molecule is CCCC(Nc1ccc(S(C)(=O)=O)nc1)c1ccccc1. The van der Waals surface area contributed by atoms with E-state index in [1.54, 1.807) is 12.3 Å². The van der Waals surface area contributed by atoms with E-state index >= 15 is 0 Å². The Bertz CT molecular complexity index is 667. The van der Waals surface area contributed by atoms with Crippen LogP contribution in [0.5, 0.6) is 0 Å². The van der Waals surface area contributed by atoms with Gasteiger partial charge in [-0.05, 0) is 24.1 Å². The number of hydrogen-bond donors (Lipinski definition) is 1. The van der Waals surface area contributed by atoms with Gasteiger partial charge >= 0.3 is 0 Å². The predicted octanol–water partition coefficient (Wildman–Crippen LogP) is 3.44. The number of aromatic nitrogens is 1. The number of hydrogen-bond acceptors (Lipinski definition) is 4. The molecule has 5 heteroatoms. The Labute approximate surface area is 126 Å². The van der Waals surface area contributed by atoms with Crippen molar-refractivity contribution >= 4 is 15.5 Å². The highest BCUT2D eigenvalue weighted by atomic mass is 32.2. The van der Waals surface area contributed by atoms with Crippen LogP contribution in [0.4, 0.5) is 5.69 Å². The van der Waals surface area contributed by atoms with Crippen LogP contribution in [-0.4, -0.2) is 19.7 Å². The highest BCUT2D eigenvalue weighted by molar-refractivity contribution is 7.90. The van der Waals surface area contributed by atoms with Gasteiger partial charge in [0.2, 0.25) is 0 Å². The lowest BCUT2D eigenvalue weighted by atomic mass is 10.0. The summed E-state index contributed by atoms with van der Waals surface area (Å²) in [5.74, 6) is 0. The molecule has 1 aromatic carbocycles. The molecule has 21 heavy (non-hydrogen) atoms. The van der Waals surface area contributed by atoms with Crippen LogP contribution in [0.3, 0.4) is 0 Å². The van der Waals surface area contributed by atoms with E-state index in [4.69, 9.17) is 0 Å². The van der Waals surface area contributed by atoms with Gasteiger partial charge in [-0.3, -0.25) is 0 Å². The summed E-state index contributed by atoms with van der Waals surface area (Å²) in [6.07, 6.45) is 4.79. The number of rotatable bonds is 6. The fourth-order valence-electron chi connectivity index (χ4n) is 2.18. The molecule has 1 atom stereocenters. The van der Waals surface area contributed by atoms with Crippen LogP contribution in [0, 0.1) is 0 Å². The van der Waals surface area contributed by atoms with Crippen molar-refractivity contribution in [1.29, 1.82) is 0 Å². The molecule has 0 aliphatic carbocycles. The number of anilines is 1. The molecule has 4 nitrogen and oxygen atoms in total. The zero-order valence-corrected chi connectivity index (χ0v) is 13.1. The third-order valence-electron chi connectivity index (χ3n) is 3.24. The molecule has 1 N–H and O–H groups in total. The van der Waals surface area contributed by atoms with Crippen LogP contribution in [0.25, 0.3) is 0 Å². The van der Waals surface area contributed by atoms with Crippen LogP contribution in [0.15, 0.2) is 53.7 Å². The van der Waals surface area contributed by atoms with E-state index < -0.39 is 9.84 Å². The summed E-state index contributed by atoms with van der Waals surface area (Å²) in [5, 5.41) is 3.51. The van der Waals surface area contributed by atoms with Crippen molar-refractivity contribution in [2.24, 2.45) is 0 Å². The average molecular weight is 304 g/mol. The smallest absolute Gasteiger partial charge is 0.192 e. The topological polar surface area (TPSA) is 59.1 Å². The van der Waals surface area contributed by atoms with Gasteiger partial charge in [-0.2, -0.15) is 0 Å². The van der Waals surface area contributed by atoms with Crippen molar-refractivity contribution in [3.8, 4) is 0 Å². The second-order valence-corrected chi connectivity index (χ2v) is 7.02. The lowest BCUT2D eigenvalue weighted by molar-refractivity contribution is 0.598. The van der Waals surface area contributed by atoms with E-state index in [1.807, 2.05) is 18.2 Å². The Balaban J connectivity index is 2.18. The van der Waals surface area contributed by atoms with Gasteiger partial charge in [-0.15, -0.1) is 0 Å². The molecule has 2 aromatic rings. The Morgan fingerprint density at radius 3 is 2.38 bits per heavy atom. The molecule has 0 amide bonds. The fourth-order valence-corrected chi connectivity index (χ4v) is 2.74. The summed E-state index contributed by atoms with van der Waals surface area (Å²) in [4.78, 5) is 4.01. The molecule has 2 rings (SSSR count). The minimum atomic E-state index is -3.25. The minimum absolute atomic E-state index is 0.0970. The normalized spacial score (nSPS) is 12.9. The van der Waals surface area contributed by atoms with Crippen molar-refractivity contribution in [3.05, 3.63) is 54.2 Å². The molecule has 1 aromatic heterocycles. The van der Waals surface area contributed by atoms with Crippen LogP contribution in [0.2, 0.25) is 0 Å². The van der Waals surface area contributed by atoms with Crippen LogP contribution >= 0.6 is 0 Å². The lowest BCUT2D eigenvalue weighted by Gasteiger charge is -2.19. The highest BCUT2D eigenvalue weighted by Crippen LogP contribution is 2.23. The van der Waals surface area contributed by atoms with Gasteiger partial charge in [-0.1, -0.05) is 43.7 Å². The molecule has 112 valence electrons. The second-order valence-electron chi connectivity index (χ2n) is 5.05. The summed E-state index contributed by atoms with van der Waals surface area (Å²) in [6.45, 7) is 2.14. The number of pyridine rings is 1. The van der Waals surface area contributed by atoms with Crippen molar-refractivity contribution < 1.29 is 8.42 Å². The molecule has 0 aliphatic heterocycles. The first kappa shape index (κ1) is 15.5. The maximum atomic E-state index is 11.4. The standard InChI is InChI=1S/C16H20N2O2S/c1-3-7-15(13-8-5-4-6-9-13)18-14-10-11-16(17-12-14)21(2,19)20/h4-6,8-12,15,18H,3,7H2,1-2H3.